The van der Waals surface area contributed by atoms with Gasteiger partial charge >= 0.3 is 0 Å². The lowest BCUT2D eigenvalue weighted by Crippen LogP contribution is -2.45. The summed E-state index contributed by atoms with van der Waals surface area (Å²) in [6.07, 6.45) is 1.42. The van der Waals surface area contributed by atoms with E-state index >= 15 is 0 Å². The van der Waals surface area contributed by atoms with E-state index in [2.05, 4.69) is 5.32 Å². The Bertz CT molecular complexity index is 884. The average molecular weight is 419 g/mol. The molecular weight excluding hydrogens is 392 g/mol. The van der Waals surface area contributed by atoms with E-state index in [9.17, 15) is 13.2 Å². The Morgan fingerprint density at radius 2 is 1.86 bits per heavy atom. The summed E-state index contributed by atoms with van der Waals surface area (Å²) in [4.78, 5) is 14.0. The topological polar surface area (TPSA) is 66.5 Å². The molecule has 1 aliphatic heterocycles. The third-order valence-corrected chi connectivity index (χ3v) is 7.72. The van der Waals surface area contributed by atoms with Crippen LogP contribution in [0.1, 0.15) is 18.4 Å². The Morgan fingerprint density at radius 3 is 2.57 bits per heavy atom. The lowest BCUT2D eigenvalue weighted by atomic mass is 9.99. The molecule has 1 N–H and O–H groups in total. The Balaban J connectivity index is 1.52. The number of rotatable bonds is 7. The Morgan fingerprint density at radius 1 is 1.14 bits per heavy atom. The molecule has 1 atom stereocenters. The number of amides is 1. The van der Waals surface area contributed by atoms with E-state index in [1.165, 1.54) is 9.20 Å². The van der Waals surface area contributed by atoms with Crippen LogP contribution >= 0.6 is 11.8 Å². The maximum Gasteiger partial charge on any atom is 0.243 e. The fourth-order valence-electron chi connectivity index (χ4n) is 3.24. The molecule has 1 aliphatic rings. The van der Waals surface area contributed by atoms with Crippen molar-refractivity contribution < 1.29 is 13.2 Å². The molecule has 3 rings (SSSR count). The van der Waals surface area contributed by atoms with Gasteiger partial charge in [0, 0.05) is 30.3 Å². The van der Waals surface area contributed by atoms with Crippen molar-refractivity contribution >= 4 is 27.7 Å². The highest BCUT2D eigenvalue weighted by atomic mass is 32.2. The third-order valence-electron chi connectivity index (χ3n) is 4.83. The molecule has 1 unspecified atom stereocenters. The van der Waals surface area contributed by atoms with Crippen LogP contribution in [-0.2, 0) is 14.8 Å². The zero-order valence-corrected chi connectivity index (χ0v) is 17.6. The molecule has 5 nitrogen and oxygen atoms in total. The highest BCUT2D eigenvalue weighted by Gasteiger charge is 2.33. The summed E-state index contributed by atoms with van der Waals surface area (Å²) in [6.45, 7) is 3.20. The van der Waals surface area contributed by atoms with Gasteiger partial charge in [-0.3, -0.25) is 4.79 Å². The smallest absolute Gasteiger partial charge is 0.243 e. The zero-order chi connectivity index (χ0) is 20.0. The molecule has 0 radical (unpaired) electrons. The van der Waals surface area contributed by atoms with Gasteiger partial charge in [0.1, 0.15) is 0 Å². The van der Waals surface area contributed by atoms with E-state index in [0.717, 1.165) is 17.7 Å². The number of nitrogens with one attached hydrogen (secondary N) is 1. The van der Waals surface area contributed by atoms with Gasteiger partial charge in [-0.05, 0) is 44.0 Å². The highest BCUT2D eigenvalue weighted by molar-refractivity contribution is 7.99. The van der Waals surface area contributed by atoms with Crippen LogP contribution in [0.2, 0.25) is 0 Å². The van der Waals surface area contributed by atoms with Crippen molar-refractivity contribution in [1.82, 2.24) is 9.62 Å². The number of carbonyl (C=O) groups is 1. The predicted octanol–water partition coefficient (Wildman–Crippen LogP) is 3.30. The van der Waals surface area contributed by atoms with Crippen molar-refractivity contribution in [3.63, 3.8) is 0 Å². The van der Waals surface area contributed by atoms with Crippen LogP contribution in [0.5, 0.6) is 0 Å². The molecule has 1 heterocycles. The molecule has 0 spiro atoms. The largest absolute Gasteiger partial charge is 0.355 e. The third kappa shape index (κ3) is 5.37. The van der Waals surface area contributed by atoms with Crippen LogP contribution < -0.4 is 5.32 Å². The quantitative estimate of drug-likeness (QED) is 0.553. The van der Waals surface area contributed by atoms with Crippen molar-refractivity contribution in [3.05, 3.63) is 60.2 Å². The van der Waals surface area contributed by atoms with Gasteiger partial charge in [0.05, 0.1) is 10.8 Å². The van der Waals surface area contributed by atoms with Gasteiger partial charge in [-0.25, -0.2) is 8.42 Å². The van der Waals surface area contributed by atoms with Crippen molar-refractivity contribution in [2.24, 2.45) is 5.92 Å². The lowest BCUT2D eigenvalue weighted by Gasteiger charge is -2.31. The van der Waals surface area contributed by atoms with Crippen molar-refractivity contribution in [2.45, 2.75) is 29.6 Å². The van der Waals surface area contributed by atoms with E-state index in [0.29, 0.717) is 24.4 Å². The minimum absolute atomic E-state index is 0.0579. The number of piperidine rings is 1. The van der Waals surface area contributed by atoms with E-state index in [1.54, 1.807) is 36.0 Å². The molecular formula is C21H26N2O3S2. The molecule has 2 aromatic rings. The number of carbonyl (C=O) groups excluding carboxylic acids is 1. The fourth-order valence-corrected chi connectivity index (χ4v) is 5.55. The first-order valence-electron chi connectivity index (χ1n) is 9.49. The molecule has 150 valence electrons. The van der Waals surface area contributed by atoms with Crippen LogP contribution in [0.15, 0.2) is 64.4 Å². The predicted molar refractivity (Wildman–Crippen MR) is 113 cm³/mol. The summed E-state index contributed by atoms with van der Waals surface area (Å²) < 4.78 is 27.2. The monoisotopic (exact) mass is 418 g/mol. The number of nitrogens with zero attached hydrogens (tertiary/aromatic N) is 1. The van der Waals surface area contributed by atoms with Crippen molar-refractivity contribution in [2.75, 3.05) is 25.4 Å². The zero-order valence-electron chi connectivity index (χ0n) is 16.0. The fraction of sp³-hybridized carbons (Fsp3) is 0.381. The van der Waals surface area contributed by atoms with Gasteiger partial charge in [-0.2, -0.15) is 4.31 Å². The summed E-state index contributed by atoms with van der Waals surface area (Å²) >= 11 is 1.69. The van der Waals surface area contributed by atoms with E-state index in [-0.39, 0.29) is 18.4 Å². The van der Waals surface area contributed by atoms with Crippen LogP contribution in [0.3, 0.4) is 0 Å². The van der Waals surface area contributed by atoms with Gasteiger partial charge in [0.25, 0.3) is 0 Å². The van der Waals surface area contributed by atoms with E-state index < -0.39 is 10.0 Å². The standard InChI is InChI=1S/C21H26N2O3S2/c1-17-9-11-20(12-10-17)28(25,26)23-14-5-6-18(16-23)21(24)22-13-15-27-19-7-3-2-4-8-19/h2-4,7-12,18H,5-6,13-16H2,1H3,(H,22,24). The number of thioether (sulfide) groups is 1. The van der Waals surface area contributed by atoms with Crippen LogP contribution in [0.25, 0.3) is 0 Å². The second-order valence-electron chi connectivity index (χ2n) is 6.97. The lowest BCUT2D eigenvalue weighted by molar-refractivity contribution is -0.125. The van der Waals surface area contributed by atoms with Gasteiger partial charge < -0.3 is 5.32 Å². The van der Waals surface area contributed by atoms with E-state index in [4.69, 9.17) is 0 Å². The maximum absolute atomic E-state index is 12.9. The Kier molecular flexibility index (Phi) is 7.15. The van der Waals surface area contributed by atoms with Crippen LogP contribution in [0.4, 0.5) is 0 Å². The van der Waals surface area contributed by atoms with Crippen LogP contribution in [-0.4, -0.2) is 44.0 Å². The van der Waals surface area contributed by atoms with Gasteiger partial charge in [0.15, 0.2) is 0 Å². The molecule has 28 heavy (non-hydrogen) atoms. The molecule has 0 saturated carbocycles. The molecule has 1 fully saturated rings. The van der Waals surface area contributed by atoms with Crippen molar-refractivity contribution in [3.8, 4) is 0 Å². The van der Waals surface area contributed by atoms with E-state index in [1.807, 2.05) is 37.3 Å². The Labute approximate surface area is 171 Å². The normalized spacial score (nSPS) is 18.0. The number of hydrogen-bond donors (Lipinski definition) is 1. The first-order chi connectivity index (χ1) is 13.5. The van der Waals surface area contributed by atoms with Gasteiger partial charge in [-0.1, -0.05) is 35.9 Å². The SMILES string of the molecule is Cc1ccc(S(=O)(=O)N2CCCC(C(=O)NCCSc3ccccc3)C2)cc1. The average Bonchev–Trinajstić information content (AvgIpc) is 2.72. The highest BCUT2D eigenvalue weighted by Crippen LogP contribution is 2.24. The molecule has 1 amide bonds. The summed E-state index contributed by atoms with van der Waals surface area (Å²) in [5.74, 6) is 0.432. The second-order valence-corrected chi connectivity index (χ2v) is 10.1. The molecule has 1 saturated heterocycles. The van der Waals surface area contributed by atoms with Crippen LogP contribution in [0, 0.1) is 12.8 Å². The molecule has 2 aromatic carbocycles. The first kappa shape index (κ1) is 20.9. The Hall–Kier alpha value is -1.83. The number of hydrogen-bond acceptors (Lipinski definition) is 4. The minimum Gasteiger partial charge on any atom is -0.355 e. The summed E-state index contributed by atoms with van der Waals surface area (Å²) in [7, 11) is -3.56. The molecule has 0 bridgehead atoms. The number of benzene rings is 2. The first-order valence-corrected chi connectivity index (χ1v) is 11.9. The summed E-state index contributed by atoms with van der Waals surface area (Å²) in [6, 6.07) is 16.9. The van der Waals surface area contributed by atoms with Gasteiger partial charge in [-0.15, -0.1) is 11.8 Å². The molecule has 7 heteroatoms. The molecule has 0 aromatic heterocycles. The number of sulfonamides is 1. The van der Waals surface area contributed by atoms with Gasteiger partial charge in [0.2, 0.25) is 15.9 Å². The maximum atomic E-state index is 12.9. The minimum atomic E-state index is -3.56. The molecule has 0 aliphatic carbocycles. The number of aryl methyl sites for hydroxylation is 1. The second kappa shape index (κ2) is 9.58. The summed E-state index contributed by atoms with van der Waals surface area (Å²) in [5.41, 5.74) is 1.02. The van der Waals surface area contributed by atoms with Crippen molar-refractivity contribution in [1.29, 1.82) is 0 Å². The summed E-state index contributed by atoms with van der Waals surface area (Å²) in [5, 5.41) is 2.96.